The van der Waals surface area contributed by atoms with Crippen LogP contribution in [0.3, 0.4) is 0 Å². The zero-order valence-corrected chi connectivity index (χ0v) is 11.9. The molecule has 1 atom stereocenters. The van der Waals surface area contributed by atoms with Crippen LogP contribution in [0.2, 0.25) is 0 Å². The fraction of sp³-hybridized carbons (Fsp3) is 0.462. The van der Waals surface area contributed by atoms with Crippen LogP contribution in [-0.2, 0) is 14.6 Å². The fourth-order valence-corrected chi connectivity index (χ4v) is 2.80. The number of rotatable bonds is 7. The van der Waals surface area contributed by atoms with Crippen molar-refractivity contribution in [3.63, 3.8) is 0 Å². The van der Waals surface area contributed by atoms with Gasteiger partial charge in [0.1, 0.15) is 0 Å². The average molecular weight is 285 g/mol. The molecule has 0 aliphatic carbocycles. The number of para-hydroxylation sites is 1. The zero-order chi connectivity index (χ0) is 14.5. The smallest absolute Gasteiger partial charge is 0.305 e. The van der Waals surface area contributed by atoms with Gasteiger partial charge in [-0.2, -0.15) is 0 Å². The molecule has 1 unspecified atom stereocenters. The third-order valence-corrected chi connectivity index (χ3v) is 4.66. The molecule has 0 aliphatic rings. The van der Waals surface area contributed by atoms with Gasteiger partial charge in [0.05, 0.1) is 22.8 Å². The van der Waals surface area contributed by atoms with Gasteiger partial charge in [-0.3, -0.25) is 4.79 Å². The van der Waals surface area contributed by atoms with Crippen LogP contribution in [0.25, 0.3) is 0 Å². The van der Waals surface area contributed by atoms with Crippen LogP contribution in [0.5, 0.6) is 0 Å². The molecule has 5 nitrogen and oxygen atoms in total. The SMILES string of the molecule is CCC(CC(=O)O)Nc1ccccc1S(=O)(=O)CC. The van der Waals surface area contributed by atoms with E-state index in [0.717, 1.165) is 0 Å². The zero-order valence-electron chi connectivity index (χ0n) is 11.1. The summed E-state index contributed by atoms with van der Waals surface area (Å²) in [5.41, 5.74) is 0.470. The van der Waals surface area contributed by atoms with E-state index in [4.69, 9.17) is 5.11 Å². The minimum absolute atomic E-state index is 0.0153. The summed E-state index contributed by atoms with van der Waals surface area (Å²) in [5, 5.41) is 11.8. The second-order valence-corrected chi connectivity index (χ2v) is 6.49. The van der Waals surface area contributed by atoms with E-state index in [9.17, 15) is 13.2 Å². The van der Waals surface area contributed by atoms with Crippen LogP contribution in [0.1, 0.15) is 26.7 Å². The molecule has 19 heavy (non-hydrogen) atoms. The standard InChI is InChI=1S/C13H19NO4S/c1-3-10(9-13(15)16)14-11-7-5-6-8-12(11)19(17,18)4-2/h5-8,10,14H,3-4,9H2,1-2H3,(H,15,16). The second kappa shape index (κ2) is 6.56. The Bertz CT molecular complexity index is 539. The second-order valence-electron chi connectivity index (χ2n) is 4.25. The van der Waals surface area contributed by atoms with Crippen LogP contribution in [0.15, 0.2) is 29.2 Å². The first-order chi connectivity index (χ1) is 8.90. The Labute approximate surface area is 113 Å². The summed E-state index contributed by atoms with van der Waals surface area (Å²) in [5.74, 6) is -0.892. The Hall–Kier alpha value is -1.56. The van der Waals surface area contributed by atoms with Gasteiger partial charge in [0.2, 0.25) is 0 Å². The number of anilines is 1. The van der Waals surface area contributed by atoms with Crippen LogP contribution in [0.4, 0.5) is 5.69 Å². The van der Waals surface area contributed by atoms with Crippen LogP contribution >= 0.6 is 0 Å². The van der Waals surface area contributed by atoms with E-state index in [2.05, 4.69) is 5.32 Å². The maximum absolute atomic E-state index is 12.0. The quantitative estimate of drug-likeness (QED) is 0.802. The first kappa shape index (κ1) is 15.5. The van der Waals surface area contributed by atoms with Gasteiger partial charge in [-0.05, 0) is 18.6 Å². The molecule has 0 spiro atoms. The van der Waals surface area contributed by atoms with Crippen molar-refractivity contribution >= 4 is 21.5 Å². The summed E-state index contributed by atoms with van der Waals surface area (Å²) in [6, 6.07) is 6.30. The lowest BCUT2D eigenvalue weighted by molar-refractivity contribution is -0.137. The normalized spacial score (nSPS) is 12.9. The van der Waals surface area contributed by atoms with Crippen molar-refractivity contribution in [3.05, 3.63) is 24.3 Å². The summed E-state index contributed by atoms with van der Waals surface area (Å²) in [6.45, 7) is 3.44. The maximum Gasteiger partial charge on any atom is 0.305 e. The number of hydrogen-bond acceptors (Lipinski definition) is 4. The number of carboxylic acid groups (broad SMARTS) is 1. The predicted molar refractivity (Wildman–Crippen MR) is 74.1 cm³/mol. The van der Waals surface area contributed by atoms with Gasteiger partial charge in [0.25, 0.3) is 0 Å². The molecule has 0 saturated carbocycles. The summed E-state index contributed by atoms with van der Waals surface area (Å²) in [4.78, 5) is 11.0. The van der Waals surface area contributed by atoms with Crippen LogP contribution in [-0.4, -0.2) is 31.3 Å². The van der Waals surface area contributed by atoms with Gasteiger partial charge in [-0.25, -0.2) is 8.42 Å². The molecular weight excluding hydrogens is 266 g/mol. The fourth-order valence-electron chi connectivity index (χ4n) is 1.74. The highest BCUT2D eigenvalue weighted by Crippen LogP contribution is 2.23. The minimum atomic E-state index is -3.32. The van der Waals surface area contributed by atoms with Crippen LogP contribution in [0, 0.1) is 0 Å². The lowest BCUT2D eigenvalue weighted by atomic mass is 10.1. The summed E-state index contributed by atoms with van der Waals surface area (Å²) < 4.78 is 23.9. The van der Waals surface area contributed by atoms with Crippen molar-refractivity contribution in [1.82, 2.24) is 0 Å². The molecule has 0 heterocycles. The van der Waals surface area contributed by atoms with E-state index in [1.807, 2.05) is 6.92 Å². The Morgan fingerprint density at radius 3 is 2.47 bits per heavy atom. The highest BCUT2D eigenvalue weighted by Gasteiger charge is 2.18. The molecule has 0 radical (unpaired) electrons. The molecule has 2 N–H and O–H groups in total. The molecular formula is C13H19NO4S. The van der Waals surface area contributed by atoms with Crippen molar-refractivity contribution in [3.8, 4) is 0 Å². The molecule has 0 saturated heterocycles. The first-order valence-corrected chi connectivity index (χ1v) is 7.86. The molecule has 106 valence electrons. The molecule has 0 bridgehead atoms. The van der Waals surface area contributed by atoms with E-state index in [1.165, 1.54) is 6.07 Å². The van der Waals surface area contributed by atoms with Gasteiger partial charge in [-0.15, -0.1) is 0 Å². The molecule has 0 amide bonds. The van der Waals surface area contributed by atoms with Crippen molar-refractivity contribution in [2.45, 2.75) is 37.6 Å². The average Bonchev–Trinajstić information content (AvgIpc) is 2.38. The largest absolute Gasteiger partial charge is 0.481 e. The Balaban J connectivity index is 3.04. The van der Waals surface area contributed by atoms with Crippen molar-refractivity contribution in [1.29, 1.82) is 0 Å². The highest BCUT2D eigenvalue weighted by atomic mass is 32.2. The molecule has 0 fully saturated rings. The third-order valence-electron chi connectivity index (χ3n) is 2.88. The van der Waals surface area contributed by atoms with E-state index in [-0.39, 0.29) is 23.1 Å². The monoisotopic (exact) mass is 285 g/mol. The molecule has 0 aromatic heterocycles. The Morgan fingerprint density at radius 1 is 1.32 bits per heavy atom. The van der Waals surface area contributed by atoms with Crippen molar-refractivity contribution in [2.24, 2.45) is 0 Å². The topological polar surface area (TPSA) is 83.5 Å². The van der Waals surface area contributed by atoms with Gasteiger partial charge < -0.3 is 10.4 Å². The number of sulfone groups is 1. The van der Waals surface area contributed by atoms with Gasteiger partial charge in [-0.1, -0.05) is 26.0 Å². The highest BCUT2D eigenvalue weighted by molar-refractivity contribution is 7.91. The van der Waals surface area contributed by atoms with Gasteiger partial charge in [0, 0.05) is 6.04 Å². The van der Waals surface area contributed by atoms with Crippen molar-refractivity contribution in [2.75, 3.05) is 11.1 Å². The molecule has 0 aliphatic heterocycles. The molecule has 1 rings (SSSR count). The van der Waals surface area contributed by atoms with Crippen molar-refractivity contribution < 1.29 is 18.3 Å². The minimum Gasteiger partial charge on any atom is -0.481 e. The lowest BCUT2D eigenvalue weighted by Crippen LogP contribution is -2.23. The number of carboxylic acids is 1. The molecule has 1 aromatic carbocycles. The van der Waals surface area contributed by atoms with E-state index >= 15 is 0 Å². The number of carbonyl (C=O) groups is 1. The Morgan fingerprint density at radius 2 is 1.95 bits per heavy atom. The summed E-state index contributed by atoms with van der Waals surface area (Å²) in [7, 11) is -3.32. The van der Waals surface area contributed by atoms with E-state index in [0.29, 0.717) is 12.1 Å². The molecule has 6 heteroatoms. The lowest BCUT2D eigenvalue weighted by Gasteiger charge is -2.18. The van der Waals surface area contributed by atoms with E-state index in [1.54, 1.807) is 25.1 Å². The summed E-state index contributed by atoms with van der Waals surface area (Å²) >= 11 is 0. The van der Waals surface area contributed by atoms with Crippen LogP contribution < -0.4 is 5.32 Å². The number of aliphatic carboxylic acids is 1. The summed E-state index contributed by atoms with van der Waals surface area (Å²) in [6.07, 6.45) is 0.559. The number of nitrogens with one attached hydrogen (secondary N) is 1. The number of benzene rings is 1. The first-order valence-electron chi connectivity index (χ1n) is 6.20. The van der Waals surface area contributed by atoms with E-state index < -0.39 is 15.8 Å². The molecule has 1 aromatic rings. The third kappa shape index (κ3) is 4.24. The van der Waals surface area contributed by atoms with Gasteiger partial charge >= 0.3 is 5.97 Å². The maximum atomic E-state index is 12.0. The Kier molecular flexibility index (Phi) is 5.35. The predicted octanol–water partition coefficient (Wildman–Crippen LogP) is 2.15. The number of hydrogen-bond donors (Lipinski definition) is 2. The van der Waals surface area contributed by atoms with Gasteiger partial charge in [0.15, 0.2) is 9.84 Å².